The van der Waals surface area contributed by atoms with E-state index in [1.807, 2.05) is 0 Å². The molecule has 0 amide bonds. The molecule has 2 aliphatic rings. The minimum atomic E-state index is -3.17. The Balaban J connectivity index is 1.85. The fourth-order valence-corrected chi connectivity index (χ4v) is 5.41. The fourth-order valence-electron chi connectivity index (χ4n) is 3.60. The van der Waals surface area contributed by atoms with Gasteiger partial charge in [0.15, 0.2) is 0 Å². The molecule has 0 aromatic carbocycles. The van der Waals surface area contributed by atoms with Crippen molar-refractivity contribution in [3.8, 4) is 0 Å². The van der Waals surface area contributed by atoms with Gasteiger partial charge >= 0.3 is 0 Å². The van der Waals surface area contributed by atoms with Gasteiger partial charge in [-0.15, -0.1) is 0 Å². The number of hydrogen-bond donors (Lipinski definition) is 2. The van der Waals surface area contributed by atoms with Gasteiger partial charge in [-0.05, 0) is 31.6 Å². The van der Waals surface area contributed by atoms with E-state index in [2.05, 4.69) is 4.72 Å². The average Bonchev–Trinajstić information content (AvgIpc) is 2.35. The Morgan fingerprint density at radius 1 is 0.850 bits per heavy atom. The molecule has 3 N–H and O–H groups in total. The predicted molar refractivity (Wildman–Crippen MR) is 83.0 cm³/mol. The highest BCUT2D eigenvalue weighted by molar-refractivity contribution is 7.89. The zero-order chi connectivity index (χ0) is 14.4. The van der Waals surface area contributed by atoms with Gasteiger partial charge in [0, 0.05) is 12.1 Å². The number of nitrogens with two attached hydrogens (primary N) is 1. The molecule has 2 fully saturated rings. The molecule has 2 rings (SSSR count). The van der Waals surface area contributed by atoms with Gasteiger partial charge in [-0.25, -0.2) is 13.1 Å². The lowest BCUT2D eigenvalue weighted by Crippen LogP contribution is -2.50. The fraction of sp³-hybridized carbons (Fsp3) is 1.00. The van der Waals surface area contributed by atoms with Crippen molar-refractivity contribution in [2.24, 2.45) is 11.7 Å². The van der Waals surface area contributed by atoms with Crippen molar-refractivity contribution in [2.45, 2.75) is 82.7 Å². The van der Waals surface area contributed by atoms with Crippen molar-refractivity contribution in [3.63, 3.8) is 0 Å². The van der Waals surface area contributed by atoms with Gasteiger partial charge in [0.1, 0.15) is 0 Å². The second-order valence-corrected chi connectivity index (χ2v) is 8.46. The highest BCUT2D eigenvalue weighted by atomic mass is 32.2. The van der Waals surface area contributed by atoms with Crippen LogP contribution < -0.4 is 10.5 Å². The molecule has 0 aromatic rings. The van der Waals surface area contributed by atoms with Gasteiger partial charge in [0.25, 0.3) is 0 Å². The minimum Gasteiger partial charge on any atom is -0.326 e. The van der Waals surface area contributed by atoms with E-state index in [9.17, 15) is 8.42 Å². The molecule has 4 nitrogen and oxygen atoms in total. The maximum atomic E-state index is 12.3. The van der Waals surface area contributed by atoms with Gasteiger partial charge in [-0.3, -0.25) is 0 Å². The Morgan fingerprint density at radius 2 is 1.40 bits per heavy atom. The lowest BCUT2D eigenvalue weighted by Gasteiger charge is -2.30. The van der Waals surface area contributed by atoms with Crippen LogP contribution in [0, 0.1) is 5.92 Å². The summed E-state index contributed by atoms with van der Waals surface area (Å²) in [5, 5.41) is 0. The zero-order valence-corrected chi connectivity index (χ0v) is 13.3. The van der Waals surface area contributed by atoms with Crippen LogP contribution in [0.2, 0.25) is 0 Å². The first-order valence-electron chi connectivity index (χ1n) is 8.32. The van der Waals surface area contributed by atoms with Crippen LogP contribution in [0.25, 0.3) is 0 Å². The Hall–Kier alpha value is -0.130. The van der Waals surface area contributed by atoms with Crippen molar-refractivity contribution in [2.75, 3.05) is 5.75 Å². The molecule has 2 aliphatic carbocycles. The largest absolute Gasteiger partial charge is 0.326 e. The summed E-state index contributed by atoms with van der Waals surface area (Å²) in [4.78, 5) is 0. The first-order valence-corrected chi connectivity index (χ1v) is 9.97. The summed E-state index contributed by atoms with van der Waals surface area (Å²) in [6.45, 7) is 0. The molecule has 0 heterocycles. The van der Waals surface area contributed by atoms with E-state index in [1.54, 1.807) is 0 Å². The minimum absolute atomic E-state index is 0.00383. The summed E-state index contributed by atoms with van der Waals surface area (Å²) in [5.74, 6) is 0.642. The molecule has 0 radical (unpaired) electrons. The molecule has 2 atom stereocenters. The van der Waals surface area contributed by atoms with Crippen LogP contribution in [0.5, 0.6) is 0 Å². The second-order valence-electron chi connectivity index (χ2n) is 6.67. The summed E-state index contributed by atoms with van der Waals surface area (Å²) in [6.07, 6.45) is 12.4. The average molecular weight is 302 g/mol. The van der Waals surface area contributed by atoms with Crippen molar-refractivity contribution < 1.29 is 8.42 Å². The summed E-state index contributed by atoms with van der Waals surface area (Å²) in [5.41, 5.74) is 6.04. The molecule has 2 saturated carbocycles. The summed E-state index contributed by atoms with van der Waals surface area (Å²) in [7, 11) is -3.17. The summed E-state index contributed by atoms with van der Waals surface area (Å²) < 4.78 is 27.6. The lowest BCUT2D eigenvalue weighted by atomic mass is 9.92. The number of hydrogen-bond acceptors (Lipinski definition) is 3. The van der Waals surface area contributed by atoms with Gasteiger partial charge in [-0.1, -0.05) is 44.9 Å². The van der Waals surface area contributed by atoms with Crippen LogP contribution in [-0.4, -0.2) is 26.3 Å². The molecule has 20 heavy (non-hydrogen) atoms. The third kappa shape index (κ3) is 5.34. The number of sulfonamides is 1. The third-order valence-corrected chi connectivity index (χ3v) is 6.40. The van der Waals surface area contributed by atoms with Crippen LogP contribution in [0.4, 0.5) is 0 Å². The van der Waals surface area contributed by atoms with E-state index >= 15 is 0 Å². The van der Waals surface area contributed by atoms with E-state index in [4.69, 9.17) is 5.73 Å². The Labute approximate surface area is 123 Å². The topological polar surface area (TPSA) is 72.2 Å². The number of rotatable bonds is 4. The third-order valence-electron chi connectivity index (χ3n) is 4.83. The normalized spacial score (nSPS) is 30.6. The van der Waals surface area contributed by atoms with Gasteiger partial charge in [0.2, 0.25) is 10.0 Å². The Kier molecular flexibility index (Phi) is 6.30. The highest BCUT2D eigenvalue weighted by Gasteiger charge is 2.28. The maximum absolute atomic E-state index is 12.3. The predicted octanol–water partition coefficient (Wildman–Crippen LogP) is 2.54. The standard InChI is InChI=1S/C15H30N2O2S/c16-14-10-6-7-11-15(14)17-20(18,19)12-13-8-4-2-1-3-5-9-13/h13-15,17H,1-12,16H2. The molecular formula is C15H30N2O2S. The molecular weight excluding hydrogens is 272 g/mol. The first kappa shape index (κ1) is 16.2. The van der Waals surface area contributed by atoms with E-state index in [-0.39, 0.29) is 12.1 Å². The summed E-state index contributed by atoms with van der Waals surface area (Å²) >= 11 is 0. The molecule has 118 valence electrons. The van der Waals surface area contributed by atoms with Crippen molar-refractivity contribution in [3.05, 3.63) is 0 Å². The summed E-state index contributed by atoms with van der Waals surface area (Å²) in [6, 6.07) is -0.0434. The smallest absolute Gasteiger partial charge is 0.212 e. The van der Waals surface area contributed by atoms with Gasteiger partial charge in [-0.2, -0.15) is 0 Å². The molecule has 0 bridgehead atoms. The molecule has 2 unspecified atom stereocenters. The van der Waals surface area contributed by atoms with E-state index < -0.39 is 10.0 Å². The van der Waals surface area contributed by atoms with Crippen LogP contribution in [0.3, 0.4) is 0 Å². The first-order chi connectivity index (χ1) is 9.57. The molecule has 0 aliphatic heterocycles. The monoisotopic (exact) mass is 302 g/mol. The number of nitrogens with one attached hydrogen (secondary N) is 1. The molecule has 0 saturated heterocycles. The highest BCUT2D eigenvalue weighted by Crippen LogP contribution is 2.24. The van der Waals surface area contributed by atoms with Crippen molar-refractivity contribution in [1.82, 2.24) is 4.72 Å². The zero-order valence-electron chi connectivity index (χ0n) is 12.5. The van der Waals surface area contributed by atoms with E-state index in [0.29, 0.717) is 11.7 Å². The molecule has 5 heteroatoms. The molecule has 0 spiro atoms. The van der Waals surface area contributed by atoms with E-state index in [1.165, 1.54) is 32.1 Å². The van der Waals surface area contributed by atoms with Gasteiger partial charge in [0.05, 0.1) is 5.75 Å². The van der Waals surface area contributed by atoms with Crippen molar-refractivity contribution in [1.29, 1.82) is 0 Å². The quantitative estimate of drug-likeness (QED) is 0.838. The SMILES string of the molecule is NC1CCCCC1NS(=O)(=O)CC1CCCCCCC1. The Morgan fingerprint density at radius 3 is 2.05 bits per heavy atom. The molecule has 0 aromatic heterocycles. The Bertz CT molecular complexity index is 375. The van der Waals surface area contributed by atoms with Crippen molar-refractivity contribution >= 4 is 10.0 Å². The van der Waals surface area contributed by atoms with Gasteiger partial charge < -0.3 is 5.73 Å². The van der Waals surface area contributed by atoms with Crippen LogP contribution in [-0.2, 0) is 10.0 Å². The lowest BCUT2D eigenvalue weighted by molar-refractivity contribution is 0.357. The van der Waals surface area contributed by atoms with Crippen LogP contribution in [0.1, 0.15) is 70.6 Å². The van der Waals surface area contributed by atoms with Crippen LogP contribution >= 0.6 is 0 Å². The van der Waals surface area contributed by atoms with Crippen LogP contribution in [0.15, 0.2) is 0 Å². The second kappa shape index (κ2) is 7.76. The van der Waals surface area contributed by atoms with E-state index in [0.717, 1.165) is 38.5 Å². The maximum Gasteiger partial charge on any atom is 0.212 e.